The van der Waals surface area contributed by atoms with Crippen molar-refractivity contribution in [1.29, 1.82) is 0 Å². The number of rotatable bonds is 6. The molecule has 1 amide bonds. The van der Waals surface area contributed by atoms with Gasteiger partial charge in [-0.15, -0.1) is 0 Å². The third kappa shape index (κ3) is 3.24. The Bertz CT molecular complexity index is 1020. The van der Waals surface area contributed by atoms with Gasteiger partial charge < -0.3 is 28.8 Å². The van der Waals surface area contributed by atoms with Crippen LogP contribution in [0.2, 0.25) is 0 Å². The number of hydrogen-bond donors (Lipinski definition) is 1. The van der Waals surface area contributed by atoms with Crippen molar-refractivity contribution in [1.82, 2.24) is 4.90 Å². The molecule has 0 radical (unpaired) electrons. The molecule has 1 atom stereocenters. The minimum Gasteiger partial charge on any atom is -0.493 e. The van der Waals surface area contributed by atoms with E-state index in [1.54, 1.807) is 44.6 Å². The van der Waals surface area contributed by atoms with Crippen LogP contribution in [0.25, 0.3) is 0 Å². The fraction of sp³-hybridized carbons (Fsp3) is 0.227. The summed E-state index contributed by atoms with van der Waals surface area (Å²) in [7, 11) is 4.69. The lowest BCUT2D eigenvalue weighted by molar-refractivity contribution is 0.0649. The van der Waals surface area contributed by atoms with Crippen molar-refractivity contribution < 1.29 is 23.4 Å². The molecule has 7 heteroatoms. The fourth-order valence-electron chi connectivity index (χ4n) is 3.61. The quantitative estimate of drug-likeness (QED) is 0.679. The lowest BCUT2D eigenvalue weighted by Gasteiger charge is -2.38. The van der Waals surface area contributed by atoms with E-state index in [1.165, 1.54) is 0 Å². The van der Waals surface area contributed by atoms with Crippen LogP contribution < -0.4 is 19.5 Å². The van der Waals surface area contributed by atoms with Crippen LogP contribution in [0.15, 0.2) is 59.2 Å². The van der Waals surface area contributed by atoms with E-state index in [1.807, 2.05) is 36.4 Å². The van der Waals surface area contributed by atoms with Crippen LogP contribution in [-0.2, 0) is 6.54 Å². The number of hydrogen-bond acceptors (Lipinski definition) is 6. The zero-order valence-corrected chi connectivity index (χ0v) is 16.5. The summed E-state index contributed by atoms with van der Waals surface area (Å²) in [5.74, 6) is 2.11. The largest absolute Gasteiger partial charge is 0.493 e. The minimum absolute atomic E-state index is 0.0995. The van der Waals surface area contributed by atoms with E-state index in [-0.39, 0.29) is 5.91 Å². The summed E-state index contributed by atoms with van der Waals surface area (Å²) in [6.07, 6.45) is 1.11. The molecule has 0 bridgehead atoms. The Morgan fingerprint density at radius 2 is 1.76 bits per heavy atom. The maximum atomic E-state index is 13.4. The first-order valence-electron chi connectivity index (χ1n) is 9.15. The maximum Gasteiger partial charge on any atom is 0.258 e. The van der Waals surface area contributed by atoms with Gasteiger partial charge in [0.1, 0.15) is 11.9 Å². The average Bonchev–Trinajstić information content (AvgIpc) is 3.27. The van der Waals surface area contributed by atoms with Crippen LogP contribution in [0.1, 0.15) is 27.8 Å². The van der Waals surface area contributed by atoms with Gasteiger partial charge in [-0.25, -0.2) is 0 Å². The zero-order chi connectivity index (χ0) is 20.4. The normalized spacial score (nSPS) is 15.5. The predicted octanol–water partition coefficient (Wildman–Crippen LogP) is 4.07. The molecule has 0 saturated heterocycles. The molecule has 1 aliphatic rings. The lowest BCUT2D eigenvalue weighted by Crippen LogP contribution is -2.42. The van der Waals surface area contributed by atoms with Gasteiger partial charge in [0.25, 0.3) is 5.91 Å². The lowest BCUT2D eigenvalue weighted by atomic mass is 10.0. The van der Waals surface area contributed by atoms with E-state index in [4.69, 9.17) is 18.6 Å². The number of carbonyl (C=O) groups excluding carboxylic acids is 1. The van der Waals surface area contributed by atoms with Gasteiger partial charge in [0.15, 0.2) is 11.5 Å². The van der Waals surface area contributed by atoms with Crippen LogP contribution in [0.5, 0.6) is 17.2 Å². The Morgan fingerprint density at radius 3 is 2.45 bits per heavy atom. The van der Waals surface area contributed by atoms with E-state index >= 15 is 0 Å². The molecule has 2 aromatic carbocycles. The second kappa shape index (κ2) is 7.79. The molecule has 0 aliphatic carbocycles. The molecule has 0 fully saturated rings. The van der Waals surface area contributed by atoms with Crippen molar-refractivity contribution >= 4 is 11.6 Å². The Hall–Kier alpha value is -3.61. The number of ether oxygens (including phenoxy) is 3. The summed E-state index contributed by atoms with van der Waals surface area (Å²) in [5, 5.41) is 3.46. The van der Waals surface area contributed by atoms with Gasteiger partial charge in [0.2, 0.25) is 5.75 Å². The molecule has 29 heavy (non-hydrogen) atoms. The summed E-state index contributed by atoms with van der Waals surface area (Å²) >= 11 is 0. The number of amides is 1. The summed E-state index contributed by atoms with van der Waals surface area (Å²) in [6.45, 7) is 0.301. The molecule has 4 rings (SSSR count). The van der Waals surface area contributed by atoms with E-state index in [2.05, 4.69) is 5.32 Å². The van der Waals surface area contributed by atoms with Crippen molar-refractivity contribution in [3.8, 4) is 17.2 Å². The van der Waals surface area contributed by atoms with Crippen LogP contribution >= 0.6 is 0 Å². The first-order valence-corrected chi connectivity index (χ1v) is 9.15. The smallest absolute Gasteiger partial charge is 0.258 e. The monoisotopic (exact) mass is 394 g/mol. The number of anilines is 1. The van der Waals surface area contributed by atoms with Crippen molar-refractivity contribution in [3.63, 3.8) is 0 Å². The minimum atomic E-state index is -0.489. The van der Waals surface area contributed by atoms with Crippen LogP contribution in [0.3, 0.4) is 0 Å². The summed E-state index contributed by atoms with van der Waals surface area (Å²) in [5.41, 5.74) is 2.12. The Labute approximate surface area is 168 Å². The fourth-order valence-corrected chi connectivity index (χ4v) is 3.61. The SMILES string of the molecule is COc1ccc([C@H]2Nc3ccccc3C(=O)N2Cc2ccco2)c(OC)c1OC. The maximum absolute atomic E-state index is 13.4. The zero-order valence-electron chi connectivity index (χ0n) is 16.5. The van der Waals surface area contributed by atoms with E-state index in [0.717, 1.165) is 11.3 Å². The number of nitrogens with one attached hydrogen (secondary N) is 1. The van der Waals surface area contributed by atoms with E-state index < -0.39 is 6.17 Å². The first kappa shape index (κ1) is 18.7. The van der Waals surface area contributed by atoms with Gasteiger partial charge in [-0.3, -0.25) is 4.79 Å². The molecule has 7 nitrogen and oxygen atoms in total. The molecule has 150 valence electrons. The molecule has 1 N–H and O–H groups in total. The standard InChI is InChI=1S/C22H22N2O5/c1-26-18-11-10-16(19(27-2)20(18)28-3)21-23-17-9-5-4-8-15(17)22(25)24(21)13-14-7-6-12-29-14/h4-12,21,23H,13H2,1-3H3/t21-/m0/s1. The summed E-state index contributed by atoms with van der Waals surface area (Å²) in [4.78, 5) is 15.1. The average molecular weight is 394 g/mol. The molecule has 0 unspecified atom stereocenters. The highest BCUT2D eigenvalue weighted by Crippen LogP contribution is 2.45. The Kier molecular flexibility index (Phi) is 5.03. The number of carbonyl (C=O) groups is 1. The van der Waals surface area contributed by atoms with Gasteiger partial charge >= 0.3 is 0 Å². The molecule has 2 heterocycles. The van der Waals surface area contributed by atoms with E-state index in [0.29, 0.717) is 35.1 Å². The van der Waals surface area contributed by atoms with Gasteiger partial charge in [-0.05, 0) is 36.4 Å². The number of nitrogens with zero attached hydrogens (tertiary/aromatic N) is 1. The number of furan rings is 1. The molecule has 3 aromatic rings. The molecule has 1 aliphatic heterocycles. The highest BCUT2D eigenvalue weighted by Gasteiger charge is 2.36. The number of fused-ring (bicyclic) bond motifs is 1. The van der Waals surface area contributed by atoms with Crippen LogP contribution in [0.4, 0.5) is 5.69 Å². The Morgan fingerprint density at radius 1 is 0.966 bits per heavy atom. The van der Waals surface area contributed by atoms with Gasteiger partial charge in [-0.1, -0.05) is 12.1 Å². The van der Waals surface area contributed by atoms with Crippen molar-refractivity contribution in [2.45, 2.75) is 12.7 Å². The highest BCUT2D eigenvalue weighted by molar-refractivity contribution is 6.01. The first-order chi connectivity index (χ1) is 14.2. The van der Waals surface area contributed by atoms with Crippen molar-refractivity contribution in [3.05, 3.63) is 71.7 Å². The van der Waals surface area contributed by atoms with Crippen molar-refractivity contribution in [2.24, 2.45) is 0 Å². The van der Waals surface area contributed by atoms with E-state index in [9.17, 15) is 4.79 Å². The third-order valence-electron chi connectivity index (χ3n) is 4.96. The predicted molar refractivity (Wildman–Crippen MR) is 107 cm³/mol. The highest BCUT2D eigenvalue weighted by atomic mass is 16.5. The molecular formula is C22H22N2O5. The number of para-hydroxylation sites is 1. The second-order valence-electron chi connectivity index (χ2n) is 6.53. The van der Waals surface area contributed by atoms with Crippen LogP contribution in [-0.4, -0.2) is 32.1 Å². The molecule has 1 aromatic heterocycles. The summed E-state index contributed by atoms with van der Waals surface area (Å²) < 4.78 is 22.1. The van der Waals surface area contributed by atoms with Gasteiger partial charge in [-0.2, -0.15) is 0 Å². The number of methoxy groups -OCH3 is 3. The molecule has 0 saturated carbocycles. The van der Waals surface area contributed by atoms with Crippen molar-refractivity contribution in [2.75, 3.05) is 26.6 Å². The Balaban J connectivity index is 1.84. The molecule has 0 spiro atoms. The summed E-state index contributed by atoms with van der Waals surface area (Å²) in [6, 6.07) is 14.8. The van der Waals surface area contributed by atoms with Gasteiger partial charge in [0, 0.05) is 11.3 Å². The van der Waals surface area contributed by atoms with Gasteiger partial charge in [0.05, 0.1) is 39.7 Å². The topological polar surface area (TPSA) is 73.2 Å². The second-order valence-corrected chi connectivity index (χ2v) is 6.53. The third-order valence-corrected chi connectivity index (χ3v) is 4.96. The van der Waals surface area contributed by atoms with Crippen LogP contribution in [0, 0.1) is 0 Å². The molecular weight excluding hydrogens is 372 g/mol. The number of benzene rings is 2.